The van der Waals surface area contributed by atoms with E-state index in [1.165, 1.54) is 33.2 Å². The van der Waals surface area contributed by atoms with Gasteiger partial charge in [0.2, 0.25) is 0 Å². The molecule has 0 amide bonds. The number of hydrogen-bond acceptors (Lipinski definition) is 1. The van der Waals surface area contributed by atoms with Gasteiger partial charge in [0.05, 0.1) is 18.0 Å². The van der Waals surface area contributed by atoms with E-state index in [0.29, 0.717) is 5.92 Å². The molecule has 0 bridgehead atoms. The van der Waals surface area contributed by atoms with Crippen molar-refractivity contribution >= 4 is 10.9 Å². The van der Waals surface area contributed by atoms with Gasteiger partial charge in [-0.2, -0.15) is 0 Å². The second-order valence-corrected chi connectivity index (χ2v) is 6.86. The Morgan fingerprint density at radius 1 is 1.04 bits per heavy atom. The molecule has 0 spiro atoms. The molecule has 0 N–H and O–H groups in total. The Hall–Kier alpha value is -2.22. The van der Waals surface area contributed by atoms with Gasteiger partial charge in [-0.3, -0.25) is 0 Å². The minimum Gasteiger partial charge on any atom is -0.232 e. The van der Waals surface area contributed by atoms with Crippen molar-refractivity contribution in [2.24, 2.45) is 7.05 Å². The molecule has 0 aliphatic carbocycles. The molecule has 2 aromatic carbocycles. The number of aryl methyl sites for hydroxylation is 3. The van der Waals surface area contributed by atoms with Crippen molar-refractivity contribution in [1.29, 1.82) is 0 Å². The van der Waals surface area contributed by atoms with E-state index in [9.17, 15) is 0 Å². The van der Waals surface area contributed by atoms with Gasteiger partial charge in [-0.1, -0.05) is 32.0 Å². The first-order valence-electron chi connectivity index (χ1n) is 8.26. The Morgan fingerprint density at radius 2 is 1.78 bits per heavy atom. The van der Waals surface area contributed by atoms with Gasteiger partial charge in [0.1, 0.15) is 6.20 Å². The molecular formula is C21H25N2+. The van der Waals surface area contributed by atoms with E-state index in [2.05, 4.69) is 82.8 Å². The van der Waals surface area contributed by atoms with Gasteiger partial charge in [0.15, 0.2) is 5.52 Å². The summed E-state index contributed by atoms with van der Waals surface area (Å²) in [5.74, 6) is 1.53. The molecule has 2 nitrogen and oxygen atoms in total. The van der Waals surface area contributed by atoms with Crippen LogP contribution in [0.5, 0.6) is 0 Å². The zero-order chi connectivity index (χ0) is 16.7. The first-order chi connectivity index (χ1) is 10.9. The molecule has 2 heteroatoms. The summed E-state index contributed by atoms with van der Waals surface area (Å²) >= 11 is 0. The minimum absolute atomic E-state index is 0.495. The summed E-state index contributed by atoms with van der Waals surface area (Å²) in [6.07, 6.45) is 2.23. The van der Waals surface area contributed by atoms with E-state index >= 15 is 0 Å². The summed E-state index contributed by atoms with van der Waals surface area (Å²) in [5, 5.41) is 1.25. The van der Waals surface area contributed by atoms with Crippen LogP contribution in [0.4, 0.5) is 0 Å². The quantitative estimate of drug-likeness (QED) is 0.623. The molecule has 0 fully saturated rings. The molecule has 3 rings (SSSR count). The first-order valence-corrected chi connectivity index (χ1v) is 8.26. The number of nitrogens with zero attached hydrogens (tertiary/aromatic N) is 2. The number of aromatic nitrogens is 2. The summed E-state index contributed by atoms with van der Waals surface area (Å²) in [4.78, 5) is 4.99. The standard InChI is InChI=1S/C21H25N2/c1-13(2)17-8-7-9-20-19(17)12-23(6)21(22-20)18-11-14(3)10-15(4)16(18)5/h7-13H,1-6H3/q+1. The molecule has 0 aliphatic rings. The van der Waals surface area contributed by atoms with E-state index < -0.39 is 0 Å². The zero-order valence-electron chi connectivity index (χ0n) is 14.9. The molecule has 0 unspecified atom stereocenters. The highest BCUT2D eigenvalue weighted by atomic mass is 15.0. The Bertz CT molecular complexity index is 892. The Labute approximate surface area is 138 Å². The third-order valence-electron chi connectivity index (χ3n) is 4.67. The minimum atomic E-state index is 0.495. The molecular weight excluding hydrogens is 280 g/mol. The number of fused-ring (bicyclic) bond motifs is 1. The van der Waals surface area contributed by atoms with Crippen molar-refractivity contribution in [3.8, 4) is 11.4 Å². The maximum atomic E-state index is 4.99. The molecule has 0 atom stereocenters. The number of rotatable bonds is 2. The third-order valence-corrected chi connectivity index (χ3v) is 4.67. The van der Waals surface area contributed by atoms with Crippen molar-refractivity contribution in [2.75, 3.05) is 0 Å². The molecule has 1 aromatic heterocycles. The highest BCUT2D eigenvalue weighted by Crippen LogP contribution is 2.27. The SMILES string of the molecule is Cc1cc(C)c(C)c(-c2nc3cccc(C(C)C)c3c[n+]2C)c1. The molecule has 0 saturated carbocycles. The van der Waals surface area contributed by atoms with E-state index in [4.69, 9.17) is 4.98 Å². The predicted molar refractivity (Wildman–Crippen MR) is 96.7 cm³/mol. The van der Waals surface area contributed by atoms with Crippen LogP contribution in [0.2, 0.25) is 0 Å². The summed E-state index contributed by atoms with van der Waals surface area (Å²) < 4.78 is 2.16. The maximum absolute atomic E-state index is 4.99. The van der Waals surface area contributed by atoms with E-state index in [0.717, 1.165) is 11.3 Å². The summed E-state index contributed by atoms with van der Waals surface area (Å²) in [6.45, 7) is 11.0. The van der Waals surface area contributed by atoms with Crippen molar-refractivity contribution in [3.63, 3.8) is 0 Å². The fraction of sp³-hybridized carbons (Fsp3) is 0.333. The van der Waals surface area contributed by atoms with E-state index in [1.807, 2.05) is 0 Å². The van der Waals surface area contributed by atoms with Gasteiger partial charge in [-0.25, -0.2) is 4.57 Å². The van der Waals surface area contributed by atoms with Crippen molar-refractivity contribution < 1.29 is 4.57 Å². The first kappa shape index (κ1) is 15.7. The molecule has 1 heterocycles. The van der Waals surface area contributed by atoms with Crippen molar-refractivity contribution in [1.82, 2.24) is 4.98 Å². The van der Waals surface area contributed by atoms with Crippen molar-refractivity contribution in [2.45, 2.75) is 40.5 Å². The van der Waals surface area contributed by atoms with Gasteiger partial charge >= 0.3 is 5.82 Å². The van der Waals surface area contributed by atoms with Gasteiger partial charge in [-0.15, -0.1) is 0 Å². The van der Waals surface area contributed by atoms with E-state index in [-0.39, 0.29) is 0 Å². The molecule has 3 aromatic rings. The van der Waals surface area contributed by atoms with Gasteiger partial charge < -0.3 is 0 Å². The average molecular weight is 305 g/mol. The zero-order valence-corrected chi connectivity index (χ0v) is 14.9. The molecule has 0 radical (unpaired) electrons. The lowest BCUT2D eigenvalue weighted by atomic mass is 9.97. The van der Waals surface area contributed by atoms with E-state index in [1.54, 1.807) is 0 Å². The largest absolute Gasteiger partial charge is 0.331 e. The molecule has 0 aliphatic heterocycles. The van der Waals surface area contributed by atoms with Gasteiger partial charge in [-0.05, 0) is 66.1 Å². The Balaban J connectivity index is 2.31. The fourth-order valence-corrected chi connectivity index (χ4v) is 3.28. The van der Waals surface area contributed by atoms with Crippen LogP contribution in [0.3, 0.4) is 0 Å². The summed E-state index contributed by atoms with van der Waals surface area (Å²) in [5.41, 5.74) is 7.55. The monoisotopic (exact) mass is 305 g/mol. The van der Waals surface area contributed by atoms with Crippen LogP contribution in [-0.4, -0.2) is 4.98 Å². The van der Waals surface area contributed by atoms with Gasteiger partial charge in [0.25, 0.3) is 0 Å². The highest BCUT2D eigenvalue weighted by Gasteiger charge is 2.20. The summed E-state index contributed by atoms with van der Waals surface area (Å²) in [7, 11) is 2.09. The van der Waals surface area contributed by atoms with Crippen molar-refractivity contribution in [3.05, 3.63) is 58.8 Å². The van der Waals surface area contributed by atoms with Crippen LogP contribution < -0.4 is 4.57 Å². The fourth-order valence-electron chi connectivity index (χ4n) is 3.28. The van der Waals surface area contributed by atoms with Crippen LogP contribution in [0.25, 0.3) is 22.3 Å². The lowest BCUT2D eigenvalue weighted by molar-refractivity contribution is -0.661. The smallest absolute Gasteiger partial charge is 0.232 e. The van der Waals surface area contributed by atoms with Crippen LogP contribution in [-0.2, 0) is 7.05 Å². The second-order valence-electron chi connectivity index (χ2n) is 6.86. The predicted octanol–water partition coefficient (Wildman–Crippen LogP) is 4.77. The van der Waals surface area contributed by atoms with Crippen LogP contribution in [0, 0.1) is 20.8 Å². The average Bonchev–Trinajstić information content (AvgIpc) is 2.49. The number of benzene rings is 2. The lowest BCUT2D eigenvalue weighted by Gasteiger charge is -2.11. The maximum Gasteiger partial charge on any atom is 0.331 e. The molecule has 118 valence electrons. The Kier molecular flexibility index (Phi) is 3.93. The molecule has 23 heavy (non-hydrogen) atoms. The Morgan fingerprint density at radius 3 is 2.48 bits per heavy atom. The normalized spacial score (nSPS) is 11.4. The molecule has 0 saturated heterocycles. The summed E-state index contributed by atoms with van der Waals surface area (Å²) in [6, 6.07) is 10.9. The topological polar surface area (TPSA) is 16.8 Å². The van der Waals surface area contributed by atoms with Crippen LogP contribution in [0.15, 0.2) is 36.5 Å². The highest BCUT2D eigenvalue weighted by molar-refractivity contribution is 5.82. The number of hydrogen-bond donors (Lipinski definition) is 0. The van der Waals surface area contributed by atoms with Crippen LogP contribution >= 0.6 is 0 Å². The van der Waals surface area contributed by atoms with Gasteiger partial charge in [0, 0.05) is 0 Å². The second kappa shape index (κ2) is 5.77. The lowest BCUT2D eigenvalue weighted by Crippen LogP contribution is -2.32. The van der Waals surface area contributed by atoms with Crippen LogP contribution in [0.1, 0.15) is 42.0 Å². The third kappa shape index (κ3) is 2.74.